The first-order valence-electron chi connectivity index (χ1n) is 12.7. The summed E-state index contributed by atoms with van der Waals surface area (Å²) in [4.78, 5) is 41.8. The third-order valence-corrected chi connectivity index (χ3v) is 7.70. The minimum atomic E-state index is -0.639. The summed E-state index contributed by atoms with van der Waals surface area (Å²) in [6.07, 6.45) is 2.76. The fourth-order valence-corrected chi connectivity index (χ4v) is 5.60. The lowest BCUT2D eigenvalue weighted by molar-refractivity contribution is -0.141. The summed E-state index contributed by atoms with van der Waals surface area (Å²) in [6, 6.07) is 12.5. The van der Waals surface area contributed by atoms with E-state index in [0.29, 0.717) is 18.0 Å². The minimum absolute atomic E-state index is 0.0510. The van der Waals surface area contributed by atoms with Crippen molar-refractivity contribution in [3.8, 4) is 0 Å². The van der Waals surface area contributed by atoms with Crippen molar-refractivity contribution in [1.29, 1.82) is 0 Å². The van der Waals surface area contributed by atoms with Crippen LogP contribution in [0.2, 0.25) is 0 Å². The Hall–Kier alpha value is -2.93. The van der Waals surface area contributed by atoms with Crippen LogP contribution in [0.4, 0.5) is 0 Å². The summed E-state index contributed by atoms with van der Waals surface area (Å²) in [5.41, 5.74) is 0.210. The minimum Gasteiger partial charge on any atom is -0.347 e. The van der Waals surface area contributed by atoms with Gasteiger partial charge in [-0.3, -0.25) is 14.4 Å². The van der Waals surface area contributed by atoms with E-state index < -0.39 is 17.5 Å². The van der Waals surface area contributed by atoms with E-state index in [9.17, 15) is 14.4 Å². The molecule has 35 heavy (non-hydrogen) atoms. The third kappa shape index (κ3) is 5.06. The van der Waals surface area contributed by atoms with Gasteiger partial charge >= 0.3 is 0 Å². The van der Waals surface area contributed by atoms with Crippen molar-refractivity contribution >= 4 is 28.5 Å². The molecule has 1 saturated heterocycles. The van der Waals surface area contributed by atoms with Gasteiger partial charge in [0.2, 0.25) is 11.8 Å². The Kier molecular flexibility index (Phi) is 7.17. The molecule has 3 N–H and O–H groups in total. The van der Waals surface area contributed by atoms with Crippen LogP contribution in [0.1, 0.15) is 57.3 Å². The van der Waals surface area contributed by atoms with E-state index in [1.807, 2.05) is 68.1 Å². The fourth-order valence-electron chi connectivity index (χ4n) is 5.60. The second kappa shape index (κ2) is 9.97. The van der Waals surface area contributed by atoms with Crippen LogP contribution in [0.5, 0.6) is 0 Å². The maximum atomic E-state index is 13.8. The zero-order chi connectivity index (χ0) is 25.3. The number of benzene rings is 2. The first kappa shape index (κ1) is 25.2. The first-order valence-corrected chi connectivity index (χ1v) is 12.7. The third-order valence-electron chi connectivity index (χ3n) is 7.70. The lowest BCUT2D eigenvalue weighted by Crippen LogP contribution is -2.60. The first-order chi connectivity index (χ1) is 16.6. The predicted octanol–water partition coefficient (Wildman–Crippen LogP) is 3.09. The molecule has 7 nitrogen and oxygen atoms in total. The normalized spacial score (nSPS) is 23.6. The van der Waals surface area contributed by atoms with Crippen LogP contribution in [0.3, 0.4) is 0 Å². The van der Waals surface area contributed by atoms with Crippen molar-refractivity contribution in [2.45, 2.75) is 71.1 Å². The van der Waals surface area contributed by atoms with Gasteiger partial charge < -0.3 is 20.9 Å². The molecule has 0 aromatic heterocycles. The van der Waals surface area contributed by atoms with Crippen molar-refractivity contribution in [3.05, 3.63) is 48.0 Å². The van der Waals surface area contributed by atoms with Gasteiger partial charge in [0.1, 0.15) is 6.04 Å². The van der Waals surface area contributed by atoms with Gasteiger partial charge in [-0.2, -0.15) is 0 Å². The number of fused-ring (bicyclic) bond motifs is 2. The molecule has 1 aliphatic carbocycles. The Labute approximate surface area is 208 Å². The fraction of sp³-hybridized carbons (Fsp3) is 0.536. The van der Waals surface area contributed by atoms with Gasteiger partial charge in [-0.05, 0) is 61.4 Å². The number of hydrogen-bond acceptors (Lipinski definition) is 4. The summed E-state index contributed by atoms with van der Waals surface area (Å²) in [6.45, 7) is 8.35. The highest BCUT2D eigenvalue weighted by molar-refractivity contribution is 6.07. The molecule has 0 spiro atoms. The number of likely N-dealkylation sites (tertiary alicyclic amines) is 1. The van der Waals surface area contributed by atoms with Crippen molar-refractivity contribution in [2.24, 2.45) is 11.3 Å². The molecule has 2 fully saturated rings. The summed E-state index contributed by atoms with van der Waals surface area (Å²) in [5.74, 6) is 0.0105. The lowest BCUT2D eigenvalue weighted by Gasteiger charge is -2.38. The van der Waals surface area contributed by atoms with Gasteiger partial charge in [-0.25, -0.2) is 0 Å². The molecule has 2 aliphatic rings. The number of likely N-dealkylation sites (N-methyl/N-ethyl adjacent to an activating group) is 1. The molecule has 3 amide bonds. The maximum absolute atomic E-state index is 13.8. The van der Waals surface area contributed by atoms with E-state index in [-0.39, 0.29) is 29.8 Å². The molecular formula is C28H38N4O3. The number of nitrogens with zero attached hydrogens (tertiary/aromatic N) is 1. The van der Waals surface area contributed by atoms with Crippen LogP contribution >= 0.6 is 0 Å². The molecule has 188 valence electrons. The van der Waals surface area contributed by atoms with Crippen LogP contribution in [-0.4, -0.2) is 60.4 Å². The predicted molar refractivity (Wildman–Crippen MR) is 138 cm³/mol. The van der Waals surface area contributed by atoms with Gasteiger partial charge in [-0.15, -0.1) is 0 Å². The summed E-state index contributed by atoms with van der Waals surface area (Å²) < 4.78 is 0. The van der Waals surface area contributed by atoms with E-state index in [1.54, 1.807) is 14.0 Å². The Morgan fingerprint density at radius 2 is 1.71 bits per heavy atom. The van der Waals surface area contributed by atoms with Gasteiger partial charge in [0, 0.05) is 18.2 Å². The Bertz CT molecular complexity index is 1100. The van der Waals surface area contributed by atoms with Crippen LogP contribution in [0, 0.1) is 11.3 Å². The van der Waals surface area contributed by atoms with Crippen LogP contribution in [0.25, 0.3) is 10.8 Å². The maximum Gasteiger partial charge on any atom is 0.252 e. The van der Waals surface area contributed by atoms with Gasteiger partial charge in [-0.1, -0.05) is 57.2 Å². The molecule has 1 heterocycles. The Balaban J connectivity index is 1.54. The molecule has 0 radical (unpaired) electrons. The number of carbonyl (C=O) groups excluding carboxylic acids is 3. The van der Waals surface area contributed by atoms with Gasteiger partial charge in [0.15, 0.2) is 0 Å². The van der Waals surface area contributed by atoms with Crippen LogP contribution in [0.15, 0.2) is 42.5 Å². The second-order valence-corrected chi connectivity index (χ2v) is 11.1. The average Bonchev–Trinajstić information content (AvgIpc) is 3.43. The Morgan fingerprint density at radius 3 is 2.43 bits per heavy atom. The summed E-state index contributed by atoms with van der Waals surface area (Å²) >= 11 is 0. The smallest absolute Gasteiger partial charge is 0.252 e. The molecule has 1 unspecified atom stereocenters. The van der Waals surface area contributed by atoms with Crippen LogP contribution in [-0.2, 0) is 9.59 Å². The monoisotopic (exact) mass is 478 g/mol. The lowest BCUT2D eigenvalue weighted by atomic mass is 9.85. The van der Waals surface area contributed by atoms with E-state index in [4.69, 9.17) is 0 Å². The standard InChI is InChI=1S/C28H38N4O3/c1-17(29-5)25(33)31-24(28(2,3)4)27(35)32-16-15-19-13-14-22(23(19)32)30-26(34)21-12-8-10-18-9-6-7-11-20(18)21/h6-12,17,19,22-24,29H,13-16H2,1-5H3,(H,30,34)(H,31,33)/t17-,19+,22-,23-,24?/m0/s1. The van der Waals surface area contributed by atoms with Crippen molar-refractivity contribution in [3.63, 3.8) is 0 Å². The number of nitrogens with one attached hydrogen (secondary N) is 3. The highest BCUT2D eigenvalue weighted by Crippen LogP contribution is 2.39. The van der Waals surface area contributed by atoms with E-state index in [0.717, 1.165) is 30.0 Å². The van der Waals surface area contributed by atoms with E-state index in [2.05, 4.69) is 16.0 Å². The zero-order valence-electron chi connectivity index (χ0n) is 21.4. The Morgan fingerprint density at radius 1 is 1.00 bits per heavy atom. The molecule has 0 bridgehead atoms. The zero-order valence-corrected chi connectivity index (χ0v) is 21.4. The largest absolute Gasteiger partial charge is 0.347 e. The molecule has 1 aliphatic heterocycles. The number of hydrogen-bond donors (Lipinski definition) is 3. The van der Waals surface area contributed by atoms with Crippen molar-refractivity contribution in [2.75, 3.05) is 13.6 Å². The molecule has 2 aromatic rings. The molecule has 2 aromatic carbocycles. The molecular weight excluding hydrogens is 440 g/mol. The molecule has 4 rings (SSSR count). The summed E-state index contributed by atoms with van der Waals surface area (Å²) in [7, 11) is 1.73. The molecule has 1 saturated carbocycles. The van der Waals surface area contributed by atoms with Crippen molar-refractivity contribution in [1.82, 2.24) is 20.9 Å². The SMILES string of the molecule is CN[C@@H](C)C(=O)NC(C(=O)N1CC[C@H]2CC[C@H](NC(=O)c3cccc4ccccc34)[C@H]21)C(C)(C)C. The number of carbonyl (C=O) groups is 3. The van der Waals surface area contributed by atoms with E-state index in [1.165, 1.54) is 0 Å². The van der Waals surface area contributed by atoms with Gasteiger partial charge in [0.25, 0.3) is 5.91 Å². The topological polar surface area (TPSA) is 90.5 Å². The average molecular weight is 479 g/mol. The quantitative estimate of drug-likeness (QED) is 0.595. The van der Waals surface area contributed by atoms with Crippen LogP contribution < -0.4 is 16.0 Å². The van der Waals surface area contributed by atoms with E-state index >= 15 is 0 Å². The molecule has 7 heteroatoms. The summed E-state index contributed by atoms with van der Waals surface area (Å²) in [5, 5.41) is 11.1. The molecule has 5 atom stereocenters. The number of rotatable bonds is 6. The van der Waals surface area contributed by atoms with Crippen molar-refractivity contribution < 1.29 is 14.4 Å². The highest BCUT2D eigenvalue weighted by atomic mass is 16.2. The number of amides is 3. The van der Waals surface area contributed by atoms with Gasteiger partial charge in [0.05, 0.1) is 12.1 Å². The highest BCUT2D eigenvalue weighted by Gasteiger charge is 2.49. The second-order valence-electron chi connectivity index (χ2n) is 11.1.